The van der Waals surface area contributed by atoms with Gasteiger partial charge in [0, 0.05) is 36.6 Å². The summed E-state index contributed by atoms with van der Waals surface area (Å²) in [5, 5.41) is 0.706. The minimum absolute atomic E-state index is 0.0676. The summed E-state index contributed by atoms with van der Waals surface area (Å²) in [5.41, 5.74) is -1.09. The maximum absolute atomic E-state index is 13.6. The number of sulfonamides is 1. The van der Waals surface area contributed by atoms with Gasteiger partial charge in [-0.05, 0) is 65.8 Å². The predicted octanol–water partition coefficient (Wildman–Crippen LogP) is 4.32. The van der Waals surface area contributed by atoms with Crippen molar-refractivity contribution in [3.05, 3.63) is 29.3 Å². The molecule has 0 radical (unpaired) electrons. The molecule has 0 unspecified atom stereocenters. The Bertz CT molecular complexity index is 1170. The number of hydrogen-bond acceptors (Lipinski definition) is 6. The molecule has 3 rings (SSSR count). The number of nitrogens with zero attached hydrogens (tertiary/aromatic N) is 3. The Morgan fingerprint density at radius 3 is 1.97 bits per heavy atom. The van der Waals surface area contributed by atoms with Gasteiger partial charge in [0.1, 0.15) is 11.2 Å². The van der Waals surface area contributed by atoms with Crippen LogP contribution in [0.3, 0.4) is 0 Å². The molecule has 2 aromatic rings. The van der Waals surface area contributed by atoms with E-state index in [0.29, 0.717) is 15.9 Å². The Morgan fingerprint density at radius 2 is 1.42 bits per heavy atom. The fourth-order valence-corrected chi connectivity index (χ4v) is 5.19. The molecule has 0 aliphatic carbocycles. The average Bonchev–Trinajstić information content (AvgIpc) is 3.05. The Kier molecular flexibility index (Phi) is 6.76. The summed E-state index contributed by atoms with van der Waals surface area (Å²) in [6.45, 7) is 10.9. The Labute approximate surface area is 199 Å². The van der Waals surface area contributed by atoms with Crippen molar-refractivity contribution in [1.29, 1.82) is 0 Å². The molecule has 1 aliphatic heterocycles. The molecule has 2 heterocycles. The number of piperazine rings is 1. The second kappa shape index (κ2) is 8.81. The van der Waals surface area contributed by atoms with E-state index in [9.17, 15) is 18.0 Å². The summed E-state index contributed by atoms with van der Waals surface area (Å²) in [6.07, 6.45) is -1.29. The van der Waals surface area contributed by atoms with E-state index in [0.717, 1.165) is 4.57 Å². The van der Waals surface area contributed by atoms with Gasteiger partial charge in [-0.15, -0.1) is 0 Å². The van der Waals surface area contributed by atoms with E-state index in [1.807, 2.05) is 0 Å². The van der Waals surface area contributed by atoms with Gasteiger partial charge in [-0.3, -0.25) is 0 Å². The van der Waals surface area contributed by atoms with Crippen LogP contribution in [0.2, 0.25) is 5.02 Å². The molecular formula is C22H30ClN3O6S. The number of ether oxygens (including phenoxy) is 2. The summed E-state index contributed by atoms with van der Waals surface area (Å²) in [4.78, 5) is 26.8. The van der Waals surface area contributed by atoms with E-state index in [4.69, 9.17) is 21.1 Å². The van der Waals surface area contributed by atoms with Gasteiger partial charge in [0.15, 0.2) is 5.03 Å². The van der Waals surface area contributed by atoms with E-state index >= 15 is 0 Å². The van der Waals surface area contributed by atoms with Gasteiger partial charge in [-0.2, -0.15) is 4.31 Å². The number of aromatic nitrogens is 1. The second-order valence-electron chi connectivity index (χ2n) is 9.87. The molecule has 1 aliphatic rings. The third kappa shape index (κ3) is 5.80. The van der Waals surface area contributed by atoms with Gasteiger partial charge in [0.05, 0.1) is 5.52 Å². The van der Waals surface area contributed by atoms with Gasteiger partial charge in [-0.1, -0.05) is 11.6 Å². The van der Waals surface area contributed by atoms with Crippen LogP contribution in [-0.2, 0) is 19.5 Å². The molecule has 0 N–H and O–H groups in total. The zero-order valence-corrected chi connectivity index (χ0v) is 21.3. The van der Waals surface area contributed by atoms with Crippen LogP contribution in [0, 0.1) is 0 Å². The van der Waals surface area contributed by atoms with Crippen molar-refractivity contribution in [2.45, 2.75) is 57.8 Å². The molecule has 0 atom stereocenters. The first-order valence-corrected chi connectivity index (χ1v) is 12.4. The topological polar surface area (TPSA) is 98.1 Å². The number of benzene rings is 1. The first-order chi connectivity index (χ1) is 15.1. The summed E-state index contributed by atoms with van der Waals surface area (Å²) < 4.78 is 40.3. The number of rotatable bonds is 2. The van der Waals surface area contributed by atoms with Crippen LogP contribution in [0.5, 0.6) is 0 Å². The third-order valence-corrected chi connectivity index (χ3v) is 6.91. The average molecular weight is 500 g/mol. The molecule has 0 saturated carbocycles. The van der Waals surface area contributed by atoms with Crippen LogP contribution in [-0.4, -0.2) is 71.8 Å². The van der Waals surface area contributed by atoms with Crippen LogP contribution in [0.1, 0.15) is 41.5 Å². The predicted molar refractivity (Wildman–Crippen MR) is 125 cm³/mol. The van der Waals surface area contributed by atoms with Gasteiger partial charge in [0.25, 0.3) is 10.0 Å². The molecule has 1 aromatic carbocycles. The van der Waals surface area contributed by atoms with Crippen LogP contribution < -0.4 is 0 Å². The van der Waals surface area contributed by atoms with Crippen LogP contribution in [0.15, 0.2) is 29.3 Å². The zero-order valence-electron chi connectivity index (χ0n) is 19.7. The highest BCUT2D eigenvalue weighted by atomic mass is 35.5. The van der Waals surface area contributed by atoms with Crippen LogP contribution in [0.4, 0.5) is 9.59 Å². The fraction of sp³-hybridized carbons (Fsp3) is 0.545. The molecule has 0 spiro atoms. The van der Waals surface area contributed by atoms with Crippen molar-refractivity contribution in [3.8, 4) is 0 Å². The number of amides is 1. The molecule has 33 heavy (non-hydrogen) atoms. The minimum atomic E-state index is -4.08. The maximum Gasteiger partial charge on any atom is 0.420 e. The van der Waals surface area contributed by atoms with E-state index in [1.165, 1.54) is 15.3 Å². The minimum Gasteiger partial charge on any atom is -0.444 e. The lowest BCUT2D eigenvalue weighted by molar-refractivity contribution is 0.0192. The summed E-state index contributed by atoms with van der Waals surface area (Å²) in [7, 11) is -4.08. The smallest absolute Gasteiger partial charge is 0.420 e. The first-order valence-electron chi connectivity index (χ1n) is 10.6. The van der Waals surface area contributed by atoms with Gasteiger partial charge in [0.2, 0.25) is 0 Å². The van der Waals surface area contributed by atoms with Crippen molar-refractivity contribution in [2.75, 3.05) is 26.2 Å². The number of carbonyl (C=O) groups is 2. The lowest BCUT2D eigenvalue weighted by atomic mass is 10.2. The molecule has 11 heteroatoms. The van der Waals surface area contributed by atoms with E-state index < -0.39 is 33.4 Å². The van der Waals surface area contributed by atoms with E-state index in [-0.39, 0.29) is 31.2 Å². The summed E-state index contributed by atoms with van der Waals surface area (Å²) in [6, 6.07) is 6.18. The molecule has 1 amide bonds. The van der Waals surface area contributed by atoms with Gasteiger partial charge >= 0.3 is 12.2 Å². The molecule has 0 bridgehead atoms. The van der Waals surface area contributed by atoms with Crippen molar-refractivity contribution in [3.63, 3.8) is 0 Å². The van der Waals surface area contributed by atoms with Crippen LogP contribution >= 0.6 is 11.6 Å². The Hall–Kier alpha value is -2.30. The van der Waals surface area contributed by atoms with Gasteiger partial charge < -0.3 is 14.4 Å². The van der Waals surface area contributed by atoms with Gasteiger partial charge in [-0.25, -0.2) is 22.6 Å². The lowest BCUT2D eigenvalue weighted by Crippen LogP contribution is -2.51. The van der Waals surface area contributed by atoms with Crippen molar-refractivity contribution in [1.82, 2.24) is 13.8 Å². The normalized spacial score (nSPS) is 16.2. The molecule has 1 saturated heterocycles. The molecule has 1 fully saturated rings. The first kappa shape index (κ1) is 25.3. The molecule has 9 nitrogen and oxygen atoms in total. The van der Waals surface area contributed by atoms with Crippen molar-refractivity contribution in [2.24, 2.45) is 0 Å². The SMILES string of the molecule is CC(C)(C)OC(=O)N1CCN(S(=O)(=O)c2cc3cc(Cl)ccc3n2C(=O)OC(C)(C)C)CC1. The summed E-state index contributed by atoms with van der Waals surface area (Å²) >= 11 is 6.09. The molecule has 182 valence electrons. The van der Waals surface area contributed by atoms with Crippen molar-refractivity contribution < 1.29 is 27.5 Å². The number of hydrogen-bond donors (Lipinski definition) is 0. The molecule has 1 aromatic heterocycles. The Balaban J connectivity index is 1.93. The van der Waals surface area contributed by atoms with E-state index in [2.05, 4.69) is 0 Å². The maximum atomic E-state index is 13.6. The largest absolute Gasteiger partial charge is 0.444 e. The number of fused-ring (bicyclic) bond motifs is 1. The standard InChI is InChI=1S/C22H30ClN3O6S/c1-21(2,3)31-19(27)24-9-11-25(12-10-24)33(29,30)18-14-15-13-16(23)7-8-17(15)26(18)20(28)32-22(4,5)6/h7-8,13-14H,9-12H2,1-6H3. The van der Waals surface area contributed by atoms with Crippen LogP contribution in [0.25, 0.3) is 10.9 Å². The highest BCUT2D eigenvalue weighted by molar-refractivity contribution is 7.89. The second-order valence-corrected chi connectivity index (χ2v) is 12.2. The highest BCUT2D eigenvalue weighted by Crippen LogP contribution is 2.29. The van der Waals surface area contributed by atoms with E-state index in [1.54, 1.807) is 59.7 Å². The zero-order chi connectivity index (χ0) is 24.8. The highest BCUT2D eigenvalue weighted by Gasteiger charge is 2.36. The fourth-order valence-electron chi connectivity index (χ4n) is 3.42. The lowest BCUT2D eigenvalue weighted by Gasteiger charge is -2.35. The number of halogens is 1. The monoisotopic (exact) mass is 499 g/mol. The summed E-state index contributed by atoms with van der Waals surface area (Å²) in [5.74, 6) is 0. The quantitative estimate of drug-likeness (QED) is 0.610. The third-order valence-electron chi connectivity index (χ3n) is 4.80. The Morgan fingerprint density at radius 1 is 0.879 bits per heavy atom. The van der Waals surface area contributed by atoms with Crippen molar-refractivity contribution >= 4 is 44.7 Å². The molecular weight excluding hydrogens is 470 g/mol. The number of carbonyl (C=O) groups excluding carboxylic acids is 2.